The highest BCUT2D eigenvalue weighted by Crippen LogP contribution is 2.29. The van der Waals surface area contributed by atoms with Crippen LogP contribution in [0.3, 0.4) is 0 Å². The number of rotatable bonds is 5. The van der Waals surface area contributed by atoms with Crippen LogP contribution < -0.4 is 20.4 Å². The zero-order valence-corrected chi connectivity index (χ0v) is 19.1. The minimum Gasteiger partial charge on any atom is -0.358 e. The number of hydrogen-bond donors (Lipinski definition) is 2. The summed E-state index contributed by atoms with van der Waals surface area (Å²) in [6, 6.07) is 8.50. The third kappa shape index (κ3) is 5.81. The van der Waals surface area contributed by atoms with Gasteiger partial charge in [0.05, 0.1) is 0 Å². The van der Waals surface area contributed by atoms with Gasteiger partial charge in [0.25, 0.3) is 0 Å². The van der Waals surface area contributed by atoms with Gasteiger partial charge in [0, 0.05) is 38.8 Å². The Labute approximate surface area is 189 Å². The van der Waals surface area contributed by atoms with E-state index in [4.69, 9.17) is 22.2 Å². The number of aromatic nitrogens is 2. The van der Waals surface area contributed by atoms with E-state index in [-0.39, 0.29) is 5.82 Å². The lowest BCUT2D eigenvalue weighted by atomic mass is 9.92. The highest BCUT2D eigenvalue weighted by molar-refractivity contribution is 7.80. The molecule has 166 valence electrons. The molecule has 2 aromatic rings. The van der Waals surface area contributed by atoms with Crippen LogP contribution in [0.1, 0.15) is 38.7 Å². The van der Waals surface area contributed by atoms with Crippen LogP contribution in [0.5, 0.6) is 0 Å². The first-order valence-corrected chi connectivity index (χ1v) is 11.6. The Kier molecular flexibility index (Phi) is 6.85. The van der Waals surface area contributed by atoms with Crippen molar-refractivity contribution < 1.29 is 4.39 Å². The number of nitrogens with zero attached hydrogens (tertiary/aromatic N) is 4. The molecule has 2 saturated heterocycles. The van der Waals surface area contributed by atoms with Crippen LogP contribution in [-0.4, -0.2) is 41.3 Å². The second-order valence-electron chi connectivity index (χ2n) is 8.89. The first kappa shape index (κ1) is 21.7. The third-order valence-electron chi connectivity index (χ3n) is 5.91. The lowest BCUT2D eigenvalue weighted by Crippen LogP contribution is -2.39. The minimum atomic E-state index is -0.245. The predicted octanol–water partition coefficient (Wildman–Crippen LogP) is 4.18. The van der Waals surface area contributed by atoms with E-state index in [0.717, 1.165) is 43.4 Å². The van der Waals surface area contributed by atoms with E-state index in [2.05, 4.69) is 40.3 Å². The van der Waals surface area contributed by atoms with Gasteiger partial charge in [0.2, 0.25) is 5.95 Å². The molecule has 2 aliphatic heterocycles. The maximum atomic E-state index is 13.1. The number of thiocarbonyl (C=S) groups is 1. The topological polar surface area (TPSA) is 56.3 Å². The predicted molar refractivity (Wildman–Crippen MR) is 128 cm³/mol. The molecular formula is C23H31FN6S. The normalized spacial score (nSPS) is 21.3. The van der Waals surface area contributed by atoms with Gasteiger partial charge in [-0.25, -0.2) is 4.39 Å². The van der Waals surface area contributed by atoms with Gasteiger partial charge in [-0.1, -0.05) is 26.0 Å². The Morgan fingerprint density at radius 1 is 1.03 bits per heavy atom. The zero-order chi connectivity index (χ0) is 21.8. The fraction of sp³-hybridized carbons (Fsp3) is 0.522. The standard InChI is InChI=1S/C23H31FN6S/c1-16-11-17(2)15-30(14-16)21-12-20(29-9-3-4-10-29)26-22(27-21)28-23(31)25-13-18-5-7-19(24)8-6-18/h5-8,12,16-17H,3-4,9-11,13-15H2,1-2H3,(H2,25,26,27,28,31). The van der Waals surface area contributed by atoms with Crippen LogP contribution in [0.25, 0.3) is 0 Å². The molecule has 2 aliphatic rings. The van der Waals surface area contributed by atoms with E-state index in [9.17, 15) is 4.39 Å². The summed E-state index contributed by atoms with van der Waals surface area (Å²) < 4.78 is 13.1. The van der Waals surface area contributed by atoms with Crippen LogP contribution in [-0.2, 0) is 6.54 Å². The molecule has 2 N–H and O–H groups in total. The van der Waals surface area contributed by atoms with Gasteiger partial charge in [-0.2, -0.15) is 9.97 Å². The Balaban J connectivity index is 1.49. The number of nitrogens with one attached hydrogen (secondary N) is 2. The third-order valence-corrected chi connectivity index (χ3v) is 6.16. The summed E-state index contributed by atoms with van der Waals surface area (Å²) in [7, 11) is 0. The number of hydrogen-bond acceptors (Lipinski definition) is 5. The molecule has 2 atom stereocenters. The van der Waals surface area contributed by atoms with E-state index in [1.54, 1.807) is 12.1 Å². The lowest BCUT2D eigenvalue weighted by Gasteiger charge is -2.36. The Hall–Kier alpha value is -2.48. The van der Waals surface area contributed by atoms with Crippen molar-refractivity contribution in [3.8, 4) is 0 Å². The van der Waals surface area contributed by atoms with E-state index in [1.165, 1.54) is 31.4 Å². The molecule has 2 unspecified atom stereocenters. The van der Waals surface area contributed by atoms with E-state index in [0.29, 0.717) is 29.4 Å². The van der Waals surface area contributed by atoms with Crippen molar-refractivity contribution in [1.29, 1.82) is 0 Å². The van der Waals surface area contributed by atoms with Crippen molar-refractivity contribution in [3.05, 3.63) is 41.7 Å². The van der Waals surface area contributed by atoms with Crippen molar-refractivity contribution in [2.45, 2.75) is 39.7 Å². The zero-order valence-electron chi connectivity index (χ0n) is 18.3. The van der Waals surface area contributed by atoms with Gasteiger partial charge in [0.15, 0.2) is 5.11 Å². The van der Waals surface area contributed by atoms with Crippen molar-refractivity contribution in [2.24, 2.45) is 11.8 Å². The molecule has 0 saturated carbocycles. The van der Waals surface area contributed by atoms with Gasteiger partial charge in [-0.15, -0.1) is 0 Å². The summed E-state index contributed by atoms with van der Waals surface area (Å²) in [6.07, 6.45) is 3.64. The molecule has 1 aromatic heterocycles. The van der Waals surface area contributed by atoms with Crippen LogP contribution >= 0.6 is 12.2 Å². The summed E-state index contributed by atoms with van der Waals surface area (Å²) in [6.45, 7) is 9.18. The second-order valence-corrected chi connectivity index (χ2v) is 9.30. The number of anilines is 3. The maximum absolute atomic E-state index is 13.1. The largest absolute Gasteiger partial charge is 0.358 e. The average molecular weight is 443 g/mol. The molecule has 3 heterocycles. The van der Waals surface area contributed by atoms with Crippen molar-refractivity contribution >= 4 is 34.9 Å². The molecule has 2 fully saturated rings. The Morgan fingerprint density at radius 3 is 2.29 bits per heavy atom. The molecule has 31 heavy (non-hydrogen) atoms. The molecule has 8 heteroatoms. The summed E-state index contributed by atoms with van der Waals surface area (Å²) >= 11 is 5.47. The number of benzene rings is 1. The summed E-state index contributed by atoms with van der Waals surface area (Å²) in [4.78, 5) is 14.3. The Morgan fingerprint density at radius 2 is 1.65 bits per heavy atom. The fourth-order valence-corrected chi connectivity index (χ4v) is 4.69. The minimum absolute atomic E-state index is 0.245. The lowest BCUT2D eigenvalue weighted by molar-refractivity contribution is 0.355. The smallest absolute Gasteiger partial charge is 0.232 e. The van der Waals surface area contributed by atoms with Gasteiger partial charge in [-0.05, 0) is 61.0 Å². The average Bonchev–Trinajstić information content (AvgIpc) is 3.27. The SMILES string of the molecule is CC1CC(C)CN(c2cc(N3CCCC3)nc(NC(=S)NCc3ccc(F)cc3)n2)C1. The molecule has 0 amide bonds. The fourth-order valence-electron chi connectivity index (χ4n) is 4.53. The second kappa shape index (κ2) is 9.77. The van der Waals surface area contributed by atoms with Crippen LogP contribution in [0.2, 0.25) is 0 Å². The van der Waals surface area contributed by atoms with Gasteiger partial charge in [-0.3, -0.25) is 0 Å². The van der Waals surface area contributed by atoms with Crippen LogP contribution in [0.4, 0.5) is 22.0 Å². The monoisotopic (exact) mass is 442 g/mol. The quantitative estimate of drug-likeness (QED) is 0.674. The van der Waals surface area contributed by atoms with Gasteiger partial charge in [0.1, 0.15) is 17.5 Å². The summed E-state index contributed by atoms with van der Waals surface area (Å²) in [5, 5.41) is 6.77. The van der Waals surface area contributed by atoms with Crippen molar-refractivity contribution in [3.63, 3.8) is 0 Å². The molecular weight excluding hydrogens is 411 g/mol. The molecule has 0 spiro atoms. The first-order valence-electron chi connectivity index (χ1n) is 11.1. The molecule has 4 rings (SSSR count). The van der Waals surface area contributed by atoms with Crippen LogP contribution in [0, 0.1) is 17.7 Å². The molecule has 1 aromatic carbocycles. The Bertz CT molecular complexity index is 889. The van der Waals surface area contributed by atoms with E-state index in [1.807, 2.05) is 0 Å². The van der Waals surface area contributed by atoms with Crippen molar-refractivity contribution in [2.75, 3.05) is 41.3 Å². The molecule has 0 bridgehead atoms. The van der Waals surface area contributed by atoms with Gasteiger partial charge < -0.3 is 20.4 Å². The molecule has 0 aliphatic carbocycles. The van der Waals surface area contributed by atoms with Crippen molar-refractivity contribution in [1.82, 2.24) is 15.3 Å². The molecule has 6 nitrogen and oxygen atoms in total. The highest BCUT2D eigenvalue weighted by Gasteiger charge is 2.25. The molecule has 0 radical (unpaired) electrons. The summed E-state index contributed by atoms with van der Waals surface area (Å²) in [5.74, 6) is 3.47. The number of halogens is 1. The van der Waals surface area contributed by atoms with Crippen LogP contribution in [0.15, 0.2) is 30.3 Å². The van der Waals surface area contributed by atoms with Gasteiger partial charge >= 0.3 is 0 Å². The first-order chi connectivity index (χ1) is 15.0. The highest BCUT2D eigenvalue weighted by atomic mass is 32.1. The number of piperidine rings is 1. The maximum Gasteiger partial charge on any atom is 0.232 e. The van der Waals surface area contributed by atoms with E-state index < -0.39 is 0 Å². The summed E-state index contributed by atoms with van der Waals surface area (Å²) in [5.41, 5.74) is 0.953. The van der Waals surface area contributed by atoms with E-state index >= 15 is 0 Å².